The molecule has 0 saturated heterocycles. The monoisotopic (exact) mass is 492 g/mol. The summed E-state index contributed by atoms with van der Waals surface area (Å²) in [5, 5.41) is 9.59. The third kappa shape index (κ3) is 4.54. The summed E-state index contributed by atoms with van der Waals surface area (Å²) in [4.78, 5) is 14.1. The van der Waals surface area contributed by atoms with E-state index in [0.29, 0.717) is 18.0 Å². The van der Waals surface area contributed by atoms with Crippen LogP contribution in [0.3, 0.4) is 0 Å². The number of aromatic nitrogens is 5. The fourth-order valence-electron chi connectivity index (χ4n) is 4.50. The molecule has 4 aromatic heterocycles. The second kappa shape index (κ2) is 9.48. The Morgan fingerprint density at radius 3 is 2.57 bits per heavy atom. The first kappa shape index (κ1) is 22.9. The summed E-state index contributed by atoms with van der Waals surface area (Å²) in [6, 6.07) is 18.9. The molecular weight excluding hydrogens is 467 g/mol. The number of ether oxygens (including phenoxy) is 1. The van der Waals surface area contributed by atoms with Crippen molar-refractivity contribution in [1.82, 2.24) is 30.0 Å². The lowest BCUT2D eigenvalue weighted by Gasteiger charge is -2.12. The Morgan fingerprint density at radius 2 is 1.73 bits per heavy atom. The van der Waals surface area contributed by atoms with E-state index in [0.717, 1.165) is 56.5 Å². The molecule has 184 valence electrons. The maximum Gasteiger partial charge on any atom is 0.138 e. The average Bonchev–Trinajstić information content (AvgIpc) is 3.52. The third-order valence-electron chi connectivity index (χ3n) is 6.35. The number of hydrogen-bond acceptors (Lipinski definition) is 5. The van der Waals surface area contributed by atoms with E-state index >= 15 is 0 Å². The smallest absolute Gasteiger partial charge is 0.138 e. The van der Waals surface area contributed by atoms with Gasteiger partial charge in [0, 0.05) is 42.0 Å². The maximum absolute atomic E-state index is 14.5. The summed E-state index contributed by atoms with van der Waals surface area (Å²) >= 11 is 0. The fraction of sp³-hybridized carbons (Fsp3) is 0.138. The van der Waals surface area contributed by atoms with Gasteiger partial charge < -0.3 is 14.6 Å². The molecule has 2 N–H and O–H groups in total. The van der Waals surface area contributed by atoms with Crippen molar-refractivity contribution in [2.24, 2.45) is 0 Å². The first-order valence-electron chi connectivity index (χ1n) is 12.0. The first-order chi connectivity index (χ1) is 18.0. The van der Waals surface area contributed by atoms with E-state index in [1.54, 1.807) is 18.6 Å². The van der Waals surface area contributed by atoms with Crippen LogP contribution in [0.5, 0.6) is 5.75 Å². The normalized spacial score (nSPS) is 11.6. The summed E-state index contributed by atoms with van der Waals surface area (Å²) in [6.07, 6.45) is 5.29. The van der Waals surface area contributed by atoms with Gasteiger partial charge in [0.2, 0.25) is 0 Å². The molecule has 0 bridgehead atoms. The van der Waals surface area contributed by atoms with Gasteiger partial charge in [-0.3, -0.25) is 10.1 Å². The van der Waals surface area contributed by atoms with Crippen LogP contribution in [0.1, 0.15) is 0 Å². The zero-order chi connectivity index (χ0) is 25.4. The second-order valence-corrected chi connectivity index (χ2v) is 9.20. The number of hydrogen-bond donors (Lipinski definition) is 2. The number of fused-ring (bicyclic) bond motifs is 2. The molecule has 0 aliphatic carbocycles. The average molecular weight is 493 g/mol. The number of pyridine rings is 2. The highest BCUT2D eigenvalue weighted by molar-refractivity contribution is 6.00. The van der Waals surface area contributed by atoms with Crippen molar-refractivity contribution in [3.63, 3.8) is 0 Å². The van der Waals surface area contributed by atoms with E-state index < -0.39 is 0 Å². The number of nitrogens with zero attached hydrogens (tertiary/aromatic N) is 4. The fourth-order valence-corrected chi connectivity index (χ4v) is 4.50. The van der Waals surface area contributed by atoms with Crippen LogP contribution < -0.4 is 4.74 Å². The van der Waals surface area contributed by atoms with Crippen molar-refractivity contribution in [3.05, 3.63) is 85.1 Å². The molecule has 0 spiro atoms. The molecule has 6 rings (SSSR count). The van der Waals surface area contributed by atoms with Gasteiger partial charge in [0.05, 0.1) is 11.2 Å². The molecule has 4 heterocycles. The molecule has 0 fully saturated rings. The van der Waals surface area contributed by atoms with E-state index in [1.165, 1.54) is 12.1 Å². The van der Waals surface area contributed by atoms with Gasteiger partial charge in [0.15, 0.2) is 0 Å². The van der Waals surface area contributed by atoms with Crippen LogP contribution >= 0.6 is 0 Å². The maximum atomic E-state index is 14.5. The Balaban J connectivity index is 1.41. The Morgan fingerprint density at radius 1 is 0.865 bits per heavy atom. The molecule has 8 heteroatoms. The highest BCUT2D eigenvalue weighted by Gasteiger charge is 2.16. The number of rotatable bonds is 7. The van der Waals surface area contributed by atoms with Gasteiger partial charge in [-0.15, -0.1) is 0 Å². The van der Waals surface area contributed by atoms with Crippen LogP contribution in [0.15, 0.2) is 79.3 Å². The summed E-state index contributed by atoms with van der Waals surface area (Å²) in [5.74, 6) is 0.152. The molecule has 0 saturated carbocycles. The Kier molecular flexibility index (Phi) is 5.86. The predicted octanol–water partition coefficient (Wildman–Crippen LogP) is 5.91. The minimum atomic E-state index is -0.347. The van der Waals surface area contributed by atoms with Crippen molar-refractivity contribution in [2.75, 3.05) is 27.2 Å². The van der Waals surface area contributed by atoms with Gasteiger partial charge >= 0.3 is 0 Å². The summed E-state index contributed by atoms with van der Waals surface area (Å²) in [5.41, 5.74) is 7.01. The van der Waals surface area contributed by atoms with E-state index in [2.05, 4.69) is 37.3 Å². The number of halogens is 1. The largest absolute Gasteiger partial charge is 0.492 e. The number of aromatic amines is 2. The highest BCUT2D eigenvalue weighted by atomic mass is 19.1. The molecule has 0 unspecified atom stereocenters. The van der Waals surface area contributed by atoms with Gasteiger partial charge in [-0.25, -0.2) is 9.37 Å². The second-order valence-electron chi connectivity index (χ2n) is 9.20. The highest BCUT2D eigenvalue weighted by Crippen LogP contribution is 2.35. The number of likely N-dealkylation sites (N-methyl/N-ethyl adjacent to an activating group) is 1. The molecule has 0 amide bonds. The van der Waals surface area contributed by atoms with Crippen molar-refractivity contribution in [1.29, 1.82) is 0 Å². The van der Waals surface area contributed by atoms with Gasteiger partial charge in [0.1, 0.15) is 29.5 Å². The van der Waals surface area contributed by atoms with Gasteiger partial charge in [0.25, 0.3) is 0 Å². The Labute approximate surface area is 213 Å². The van der Waals surface area contributed by atoms with Crippen LogP contribution in [0, 0.1) is 5.82 Å². The van der Waals surface area contributed by atoms with Crippen LogP contribution in [-0.2, 0) is 0 Å². The molecule has 0 atom stereocenters. The molecule has 7 nitrogen and oxygen atoms in total. The number of nitrogens with one attached hydrogen (secondary N) is 2. The van der Waals surface area contributed by atoms with Crippen LogP contribution in [-0.4, -0.2) is 57.3 Å². The number of H-pyrrole nitrogens is 2. The van der Waals surface area contributed by atoms with Crippen LogP contribution in [0.25, 0.3) is 55.6 Å². The van der Waals surface area contributed by atoms with E-state index in [4.69, 9.17) is 4.74 Å². The summed E-state index contributed by atoms with van der Waals surface area (Å²) < 4.78 is 20.4. The van der Waals surface area contributed by atoms with Gasteiger partial charge in [-0.1, -0.05) is 6.07 Å². The SMILES string of the molecule is CN(C)CCOc1cc(F)cc(-c2ccnc3[nH]c(-c4n[nH]c5ccc(-c6ccncc6)cc45)cc23)c1. The Hall–Kier alpha value is -4.56. The molecule has 0 aliphatic rings. The lowest BCUT2D eigenvalue weighted by atomic mass is 10.0. The van der Waals surface area contributed by atoms with Crippen molar-refractivity contribution >= 4 is 21.9 Å². The molecule has 37 heavy (non-hydrogen) atoms. The van der Waals surface area contributed by atoms with Gasteiger partial charge in [-0.2, -0.15) is 5.10 Å². The van der Waals surface area contributed by atoms with Gasteiger partial charge in [-0.05, 0) is 84.9 Å². The van der Waals surface area contributed by atoms with Crippen LogP contribution in [0.4, 0.5) is 4.39 Å². The van der Waals surface area contributed by atoms with E-state index in [1.807, 2.05) is 55.4 Å². The molecule has 6 aromatic rings. The zero-order valence-electron chi connectivity index (χ0n) is 20.5. The molecular formula is C29H25FN6O. The summed E-state index contributed by atoms with van der Waals surface area (Å²) in [6.45, 7) is 1.22. The van der Waals surface area contributed by atoms with Crippen molar-refractivity contribution in [2.45, 2.75) is 0 Å². The summed E-state index contributed by atoms with van der Waals surface area (Å²) in [7, 11) is 3.94. The Bertz CT molecular complexity index is 1710. The first-order valence-corrected chi connectivity index (χ1v) is 12.0. The number of benzene rings is 2. The quantitative estimate of drug-likeness (QED) is 0.289. The molecule has 0 radical (unpaired) electrons. The molecule has 2 aromatic carbocycles. The predicted molar refractivity (Wildman–Crippen MR) is 144 cm³/mol. The van der Waals surface area contributed by atoms with E-state index in [-0.39, 0.29) is 5.82 Å². The zero-order valence-corrected chi connectivity index (χ0v) is 20.5. The van der Waals surface area contributed by atoms with E-state index in [9.17, 15) is 4.39 Å². The standard InChI is InChI=1S/C29H25FN6O/c1-36(2)11-12-37-22-14-20(13-21(30)16-22)23-7-10-32-29-24(23)17-27(33-29)28-25-15-19(3-4-26(25)34-35-28)18-5-8-31-9-6-18/h3-10,13-17H,11-12H2,1-2H3,(H,32,33)(H,34,35). The topological polar surface area (TPSA) is 82.7 Å². The van der Waals surface area contributed by atoms with Crippen molar-refractivity contribution in [3.8, 4) is 39.4 Å². The van der Waals surface area contributed by atoms with Crippen molar-refractivity contribution < 1.29 is 9.13 Å². The lowest BCUT2D eigenvalue weighted by molar-refractivity contribution is 0.260. The van der Waals surface area contributed by atoms with Crippen LogP contribution in [0.2, 0.25) is 0 Å². The third-order valence-corrected chi connectivity index (χ3v) is 6.35. The minimum absolute atomic E-state index is 0.347. The lowest BCUT2D eigenvalue weighted by Crippen LogP contribution is -2.19. The molecule has 0 aliphatic heterocycles. The minimum Gasteiger partial charge on any atom is -0.492 e.